The number of rotatable bonds is 4. The Bertz CT molecular complexity index is 714. The Labute approximate surface area is 125 Å². The SMILES string of the molecule is CCc1cc(C(F)(F)F)ccc1C(=O)c1cnoc1C1CC1. The predicted molar refractivity (Wildman–Crippen MR) is 72.7 cm³/mol. The molecule has 0 atom stereocenters. The second-order valence-corrected chi connectivity index (χ2v) is 5.43. The molecule has 0 aliphatic heterocycles. The summed E-state index contributed by atoms with van der Waals surface area (Å²) in [6.07, 6.45) is -0.823. The molecule has 6 heteroatoms. The number of hydrogen-bond acceptors (Lipinski definition) is 3. The molecule has 3 rings (SSSR count). The summed E-state index contributed by atoms with van der Waals surface area (Å²) in [5, 5.41) is 3.67. The van der Waals surface area contributed by atoms with Crippen molar-refractivity contribution in [3.05, 3.63) is 52.4 Å². The third-order valence-corrected chi connectivity index (χ3v) is 3.85. The molecule has 1 heterocycles. The number of halogens is 3. The van der Waals surface area contributed by atoms with Crippen molar-refractivity contribution in [1.29, 1.82) is 0 Å². The van der Waals surface area contributed by atoms with E-state index in [4.69, 9.17) is 4.52 Å². The molecule has 0 spiro atoms. The summed E-state index contributed by atoms with van der Waals surface area (Å²) < 4.78 is 43.5. The Kier molecular flexibility index (Phi) is 3.54. The number of ketones is 1. The Morgan fingerprint density at radius 2 is 2.05 bits per heavy atom. The van der Waals surface area contributed by atoms with E-state index >= 15 is 0 Å². The summed E-state index contributed by atoms with van der Waals surface area (Å²) in [5.41, 5.74) is 0.272. The lowest BCUT2D eigenvalue weighted by atomic mass is 9.94. The molecule has 0 saturated heterocycles. The number of aryl methyl sites for hydroxylation is 1. The highest BCUT2D eigenvalue weighted by Crippen LogP contribution is 2.42. The normalized spacial score (nSPS) is 15.1. The van der Waals surface area contributed by atoms with Crippen LogP contribution in [0.3, 0.4) is 0 Å². The van der Waals surface area contributed by atoms with Gasteiger partial charge < -0.3 is 4.52 Å². The van der Waals surface area contributed by atoms with E-state index in [1.807, 2.05) is 0 Å². The van der Waals surface area contributed by atoms with Crippen LogP contribution in [0.5, 0.6) is 0 Å². The van der Waals surface area contributed by atoms with Crippen LogP contribution in [0.4, 0.5) is 13.2 Å². The van der Waals surface area contributed by atoms with Gasteiger partial charge in [-0.15, -0.1) is 0 Å². The zero-order valence-corrected chi connectivity index (χ0v) is 11.9. The maximum Gasteiger partial charge on any atom is 0.416 e. The number of nitrogens with zero attached hydrogens (tertiary/aromatic N) is 1. The third kappa shape index (κ3) is 2.65. The molecule has 116 valence electrons. The number of carbonyl (C=O) groups is 1. The molecule has 1 aliphatic rings. The second-order valence-electron chi connectivity index (χ2n) is 5.43. The molecule has 2 aromatic rings. The van der Waals surface area contributed by atoms with Crippen LogP contribution in [-0.4, -0.2) is 10.9 Å². The lowest BCUT2D eigenvalue weighted by molar-refractivity contribution is -0.137. The number of carbonyl (C=O) groups excluding carboxylic acids is 1. The topological polar surface area (TPSA) is 43.1 Å². The van der Waals surface area contributed by atoms with Gasteiger partial charge in [-0.2, -0.15) is 13.2 Å². The first-order valence-electron chi connectivity index (χ1n) is 7.11. The number of aromatic nitrogens is 1. The minimum atomic E-state index is -4.41. The Balaban J connectivity index is 2.00. The molecule has 0 unspecified atom stereocenters. The van der Waals surface area contributed by atoms with Crippen molar-refractivity contribution in [2.45, 2.75) is 38.3 Å². The first kappa shape index (κ1) is 14.8. The van der Waals surface area contributed by atoms with Gasteiger partial charge in [-0.1, -0.05) is 18.1 Å². The fraction of sp³-hybridized carbons (Fsp3) is 0.375. The van der Waals surface area contributed by atoms with Crippen LogP contribution in [0.15, 0.2) is 28.9 Å². The number of hydrogen-bond donors (Lipinski definition) is 0. The molecular formula is C16H14F3NO2. The van der Waals surface area contributed by atoms with Gasteiger partial charge in [0.1, 0.15) is 0 Å². The molecule has 0 amide bonds. The quantitative estimate of drug-likeness (QED) is 0.788. The second kappa shape index (κ2) is 5.26. The zero-order chi connectivity index (χ0) is 15.9. The highest BCUT2D eigenvalue weighted by atomic mass is 19.4. The summed E-state index contributed by atoms with van der Waals surface area (Å²) in [6.45, 7) is 1.72. The number of benzene rings is 1. The Hall–Kier alpha value is -2.11. The van der Waals surface area contributed by atoms with Gasteiger partial charge in [0.2, 0.25) is 0 Å². The highest BCUT2D eigenvalue weighted by Gasteiger charge is 2.34. The van der Waals surface area contributed by atoms with Crippen molar-refractivity contribution in [2.75, 3.05) is 0 Å². The molecule has 1 saturated carbocycles. The van der Waals surface area contributed by atoms with Crippen molar-refractivity contribution in [3.63, 3.8) is 0 Å². The molecule has 1 aliphatic carbocycles. The van der Waals surface area contributed by atoms with Gasteiger partial charge in [0.05, 0.1) is 17.3 Å². The lowest BCUT2D eigenvalue weighted by Gasteiger charge is -2.11. The standard InChI is InChI=1S/C16H14F3NO2/c1-2-9-7-11(16(17,18)19)5-6-12(9)14(21)13-8-20-22-15(13)10-3-4-10/h5-8,10H,2-4H2,1H3. The van der Waals surface area contributed by atoms with Crippen LogP contribution in [0.1, 0.15) is 58.5 Å². The van der Waals surface area contributed by atoms with Crippen LogP contribution in [0, 0.1) is 0 Å². The monoisotopic (exact) mass is 309 g/mol. The summed E-state index contributed by atoms with van der Waals surface area (Å²) in [7, 11) is 0. The average molecular weight is 309 g/mol. The van der Waals surface area contributed by atoms with E-state index in [0.29, 0.717) is 23.3 Å². The third-order valence-electron chi connectivity index (χ3n) is 3.85. The summed E-state index contributed by atoms with van der Waals surface area (Å²) in [5.74, 6) is 0.432. The molecule has 1 aromatic heterocycles. The van der Waals surface area contributed by atoms with E-state index in [1.165, 1.54) is 12.3 Å². The van der Waals surface area contributed by atoms with E-state index in [2.05, 4.69) is 5.16 Å². The van der Waals surface area contributed by atoms with Gasteiger partial charge in [0, 0.05) is 11.5 Å². The van der Waals surface area contributed by atoms with Crippen molar-refractivity contribution >= 4 is 5.78 Å². The fourth-order valence-electron chi connectivity index (χ4n) is 2.49. The lowest BCUT2D eigenvalue weighted by Crippen LogP contribution is -2.10. The maximum absolute atomic E-state index is 12.8. The molecule has 0 N–H and O–H groups in total. The first-order chi connectivity index (χ1) is 10.4. The van der Waals surface area contributed by atoms with Crippen molar-refractivity contribution < 1.29 is 22.5 Å². The van der Waals surface area contributed by atoms with E-state index in [1.54, 1.807) is 6.92 Å². The van der Waals surface area contributed by atoms with Crippen LogP contribution < -0.4 is 0 Å². The Morgan fingerprint density at radius 1 is 1.32 bits per heavy atom. The van der Waals surface area contributed by atoms with Gasteiger partial charge in [-0.05, 0) is 37.0 Å². The molecule has 22 heavy (non-hydrogen) atoms. The van der Waals surface area contributed by atoms with Crippen molar-refractivity contribution in [1.82, 2.24) is 5.16 Å². The molecule has 0 bridgehead atoms. The molecule has 0 radical (unpaired) electrons. The maximum atomic E-state index is 12.8. The number of alkyl halides is 3. The van der Waals surface area contributed by atoms with E-state index < -0.39 is 11.7 Å². The summed E-state index contributed by atoms with van der Waals surface area (Å²) in [6, 6.07) is 3.22. The van der Waals surface area contributed by atoms with E-state index in [9.17, 15) is 18.0 Å². The average Bonchev–Trinajstić information content (AvgIpc) is 3.22. The molecule has 1 aromatic carbocycles. The first-order valence-corrected chi connectivity index (χ1v) is 7.11. The van der Waals surface area contributed by atoms with Gasteiger partial charge >= 0.3 is 6.18 Å². The van der Waals surface area contributed by atoms with Crippen LogP contribution in [0.25, 0.3) is 0 Å². The molecule has 3 nitrogen and oxygen atoms in total. The van der Waals surface area contributed by atoms with E-state index in [-0.39, 0.29) is 17.3 Å². The molecule has 1 fully saturated rings. The minimum Gasteiger partial charge on any atom is -0.360 e. The van der Waals surface area contributed by atoms with Crippen LogP contribution in [-0.2, 0) is 12.6 Å². The van der Waals surface area contributed by atoms with Crippen LogP contribution >= 0.6 is 0 Å². The van der Waals surface area contributed by atoms with E-state index in [0.717, 1.165) is 25.0 Å². The molecular weight excluding hydrogens is 295 g/mol. The van der Waals surface area contributed by atoms with Gasteiger partial charge in [-0.3, -0.25) is 4.79 Å². The summed E-state index contributed by atoms with van der Waals surface area (Å²) >= 11 is 0. The van der Waals surface area contributed by atoms with Crippen molar-refractivity contribution in [3.8, 4) is 0 Å². The van der Waals surface area contributed by atoms with Gasteiger partial charge in [0.25, 0.3) is 0 Å². The zero-order valence-electron chi connectivity index (χ0n) is 11.9. The smallest absolute Gasteiger partial charge is 0.360 e. The highest BCUT2D eigenvalue weighted by molar-refractivity contribution is 6.10. The largest absolute Gasteiger partial charge is 0.416 e. The van der Waals surface area contributed by atoms with Crippen LogP contribution in [0.2, 0.25) is 0 Å². The fourth-order valence-corrected chi connectivity index (χ4v) is 2.49. The van der Waals surface area contributed by atoms with Gasteiger partial charge in [-0.25, -0.2) is 0 Å². The van der Waals surface area contributed by atoms with Gasteiger partial charge in [0.15, 0.2) is 11.5 Å². The minimum absolute atomic E-state index is 0.209. The van der Waals surface area contributed by atoms with Crippen molar-refractivity contribution in [2.24, 2.45) is 0 Å². The summed E-state index contributed by atoms with van der Waals surface area (Å²) in [4.78, 5) is 12.6. The predicted octanol–water partition coefficient (Wildman–Crippen LogP) is 4.36. The Morgan fingerprint density at radius 3 is 2.64 bits per heavy atom.